The van der Waals surface area contributed by atoms with E-state index in [9.17, 15) is 9.59 Å². The summed E-state index contributed by atoms with van der Waals surface area (Å²) >= 11 is 0. The van der Waals surface area contributed by atoms with E-state index in [1.807, 2.05) is 13.8 Å². The molecule has 0 saturated carbocycles. The van der Waals surface area contributed by atoms with E-state index in [-0.39, 0.29) is 11.8 Å². The third kappa shape index (κ3) is 6.40. The molecule has 0 fully saturated rings. The van der Waals surface area contributed by atoms with E-state index in [0.29, 0.717) is 25.9 Å². The van der Waals surface area contributed by atoms with Crippen LogP contribution in [0.2, 0.25) is 0 Å². The maximum absolute atomic E-state index is 11.6. The average molecular weight is 229 g/mol. The van der Waals surface area contributed by atoms with E-state index in [1.165, 1.54) is 0 Å². The standard InChI is InChI=1S/C11H23N3O2/c1-4-14(5-2)11(16)7-6-8-13-10(15)9-12-3/h12H,4-9H2,1-3H3,(H,13,15). The zero-order chi connectivity index (χ0) is 12.4. The lowest BCUT2D eigenvalue weighted by Crippen LogP contribution is -2.34. The van der Waals surface area contributed by atoms with Gasteiger partial charge in [0.1, 0.15) is 0 Å². The second-order valence-corrected chi connectivity index (χ2v) is 3.55. The van der Waals surface area contributed by atoms with Crippen molar-refractivity contribution in [1.29, 1.82) is 0 Å². The Bertz CT molecular complexity index is 215. The number of nitrogens with zero attached hydrogens (tertiary/aromatic N) is 1. The van der Waals surface area contributed by atoms with Gasteiger partial charge in [0.05, 0.1) is 6.54 Å². The summed E-state index contributed by atoms with van der Waals surface area (Å²) in [7, 11) is 1.73. The van der Waals surface area contributed by atoms with Crippen LogP contribution in [0.25, 0.3) is 0 Å². The van der Waals surface area contributed by atoms with Gasteiger partial charge in [-0.2, -0.15) is 0 Å². The summed E-state index contributed by atoms with van der Waals surface area (Å²) in [5, 5.41) is 5.51. The fourth-order valence-corrected chi connectivity index (χ4v) is 1.42. The maximum atomic E-state index is 11.6. The Morgan fingerprint density at radius 1 is 1.19 bits per heavy atom. The Labute approximate surface area is 97.6 Å². The van der Waals surface area contributed by atoms with Gasteiger partial charge in [0, 0.05) is 26.1 Å². The number of hydrogen-bond donors (Lipinski definition) is 2. The van der Waals surface area contributed by atoms with Crippen LogP contribution < -0.4 is 10.6 Å². The Morgan fingerprint density at radius 2 is 1.81 bits per heavy atom. The van der Waals surface area contributed by atoms with Crippen molar-refractivity contribution in [3.63, 3.8) is 0 Å². The van der Waals surface area contributed by atoms with E-state index in [0.717, 1.165) is 13.1 Å². The number of hydrogen-bond acceptors (Lipinski definition) is 3. The molecule has 0 spiro atoms. The highest BCUT2D eigenvalue weighted by atomic mass is 16.2. The van der Waals surface area contributed by atoms with Gasteiger partial charge in [0.25, 0.3) is 0 Å². The Kier molecular flexibility index (Phi) is 8.52. The summed E-state index contributed by atoms with van der Waals surface area (Å²) in [6, 6.07) is 0. The SMILES string of the molecule is CCN(CC)C(=O)CCCNC(=O)CNC. The van der Waals surface area contributed by atoms with Crippen molar-refractivity contribution in [2.45, 2.75) is 26.7 Å². The predicted octanol–water partition coefficient (Wildman–Crippen LogP) is -0.0294. The van der Waals surface area contributed by atoms with Crippen molar-refractivity contribution in [3.8, 4) is 0 Å². The molecule has 0 saturated heterocycles. The molecule has 0 rings (SSSR count). The van der Waals surface area contributed by atoms with Crippen molar-refractivity contribution in [2.24, 2.45) is 0 Å². The molecule has 0 unspecified atom stereocenters. The van der Waals surface area contributed by atoms with Crippen molar-refractivity contribution < 1.29 is 9.59 Å². The van der Waals surface area contributed by atoms with Crippen LogP contribution in [0.3, 0.4) is 0 Å². The molecule has 5 nitrogen and oxygen atoms in total. The van der Waals surface area contributed by atoms with Gasteiger partial charge in [0.2, 0.25) is 11.8 Å². The molecule has 0 heterocycles. The van der Waals surface area contributed by atoms with Crippen LogP contribution >= 0.6 is 0 Å². The number of rotatable bonds is 8. The monoisotopic (exact) mass is 229 g/mol. The molecule has 0 aromatic heterocycles. The molecular weight excluding hydrogens is 206 g/mol. The Hall–Kier alpha value is -1.10. The molecule has 0 bridgehead atoms. The zero-order valence-electron chi connectivity index (χ0n) is 10.5. The first-order valence-electron chi connectivity index (χ1n) is 5.84. The Morgan fingerprint density at radius 3 is 2.31 bits per heavy atom. The van der Waals surface area contributed by atoms with Gasteiger partial charge in [0.15, 0.2) is 0 Å². The molecule has 0 radical (unpaired) electrons. The minimum absolute atomic E-state index is 0.0298. The van der Waals surface area contributed by atoms with Crippen LogP contribution in [0.15, 0.2) is 0 Å². The summed E-state index contributed by atoms with van der Waals surface area (Å²) < 4.78 is 0. The summed E-state index contributed by atoms with van der Waals surface area (Å²) in [5.74, 6) is 0.130. The Balaban J connectivity index is 3.58. The van der Waals surface area contributed by atoms with Gasteiger partial charge in [-0.1, -0.05) is 0 Å². The molecule has 0 aliphatic carbocycles. The predicted molar refractivity (Wildman–Crippen MR) is 64.1 cm³/mol. The summed E-state index contributed by atoms with van der Waals surface area (Å²) in [4.78, 5) is 24.4. The van der Waals surface area contributed by atoms with Crippen LogP contribution in [0, 0.1) is 0 Å². The van der Waals surface area contributed by atoms with E-state index < -0.39 is 0 Å². The summed E-state index contributed by atoms with van der Waals surface area (Å²) in [5.41, 5.74) is 0. The topological polar surface area (TPSA) is 61.4 Å². The van der Waals surface area contributed by atoms with Crippen molar-refractivity contribution >= 4 is 11.8 Å². The average Bonchev–Trinajstić information content (AvgIpc) is 2.26. The second-order valence-electron chi connectivity index (χ2n) is 3.55. The third-order valence-electron chi connectivity index (χ3n) is 2.34. The minimum atomic E-state index is -0.0298. The van der Waals surface area contributed by atoms with Gasteiger partial charge in [-0.15, -0.1) is 0 Å². The molecular formula is C11H23N3O2. The summed E-state index contributed by atoms with van der Waals surface area (Å²) in [6.45, 7) is 6.33. The lowest BCUT2D eigenvalue weighted by Gasteiger charge is -2.18. The van der Waals surface area contributed by atoms with Crippen LogP contribution in [0.1, 0.15) is 26.7 Å². The van der Waals surface area contributed by atoms with E-state index in [2.05, 4.69) is 10.6 Å². The first-order valence-corrected chi connectivity index (χ1v) is 5.84. The third-order valence-corrected chi connectivity index (χ3v) is 2.34. The lowest BCUT2D eigenvalue weighted by molar-refractivity contribution is -0.131. The molecule has 2 N–H and O–H groups in total. The fourth-order valence-electron chi connectivity index (χ4n) is 1.42. The van der Waals surface area contributed by atoms with Crippen LogP contribution in [0.5, 0.6) is 0 Å². The van der Waals surface area contributed by atoms with Gasteiger partial charge in [-0.25, -0.2) is 0 Å². The fraction of sp³-hybridized carbons (Fsp3) is 0.818. The molecule has 0 aromatic carbocycles. The number of amides is 2. The lowest BCUT2D eigenvalue weighted by atomic mass is 10.2. The van der Waals surface area contributed by atoms with Crippen molar-refractivity contribution in [2.75, 3.05) is 33.2 Å². The highest BCUT2D eigenvalue weighted by molar-refractivity contribution is 5.78. The number of nitrogens with one attached hydrogen (secondary N) is 2. The molecule has 0 aliphatic rings. The number of carbonyl (C=O) groups excluding carboxylic acids is 2. The largest absolute Gasteiger partial charge is 0.355 e. The maximum Gasteiger partial charge on any atom is 0.233 e. The normalized spacial score (nSPS) is 9.94. The number of likely N-dealkylation sites (N-methyl/N-ethyl adjacent to an activating group) is 1. The van der Waals surface area contributed by atoms with Crippen molar-refractivity contribution in [3.05, 3.63) is 0 Å². The molecule has 2 amide bonds. The minimum Gasteiger partial charge on any atom is -0.355 e. The molecule has 94 valence electrons. The first kappa shape index (κ1) is 14.9. The zero-order valence-corrected chi connectivity index (χ0v) is 10.5. The molecule has 0 aromatic rings. The highest BCUT2D eigenvalue weighted by Crippen LogP contribution is 1.96. The van der Waals surface area contributed by atoms with Crippen LogP contribution in [0.4, 0.5) is 0 Å². The highest BCUT2D eigenvalue weighted by Gasteiger charge is 2.08. The quantitative estimate of drug-likeness (QED) is 0.575. The van der Waals surface area contributed by atoms with Gasteiger partial charge in [-0.3, -0.25) is 9.59 Å². The molecule has 5 heteroatoms. The molecule has 16 heavy (non-hydrogen) atoms. The van der Waals surface area contributed by atoms with E-state index in [4.69, 9.17) is 0 Å². The van der Waals surface area contributed by atoms with Crippen molar-refractivity contribution in [1.82, 2.24) is 15.5 Å². The first-order chi connectivity index (χ1) is 7.65. The van der Waals surface area contributed by atoms with Gasteiger partial charge in [-0.05, 0) is 27.3 Å². The van der Waals surface area contributed by atoms with Gasteiger partial charge < -0.3 is 15.5 Å². The van der Waals surface area contributed by atoms with Crippen LogP contribution in [-0.4, -0.2) is 49.9 Å². The second kappa shape index (κ2) is 9.15. The van der Waals surface area contributed by atoms with E-state index in [1.54, 1.807) is 11.9 Å². The van der Waals surface area contributed by atoms with Gasteiger partial charge >= 0.3 is 0 Å². The molecule has 0 atom stereocenters. The number of carbonyl (C=O) groups is 2. The van der Waals surface area contributed by atoms with Crippen LogP contribution in [-0.2, 0) is 9.59 Å². The summed E-state index contributed by atoms with van der Waals surface area (Å²) in [6.07, 6.45) is 1.20. The molecule has 0 aliphatic heterocycles. The van der Waals surface area contributed by atoms with E-state index >= 15 is 0 Å². The smallest absolute Gasteiger partial charge is 0.233 e.